The number of carbonyl (C=O) groups is 2. The van der Waals surface area contributed by atoms with Crippen LogP contribution in [0.5, 0.6) is 5.75 Å². The highest BCUT2D eigenvalue weighted by atomic mass is 35.5. The van der Waals surface area contributed by atoms with Crippen molar-refractivity contribution in [3.8, 4) is 17.1 Å². The molecule has 1 unspecified atom stereocenters. The molecule has 1 aromatic heterocycles. The Morgan fingerprint density at radius 2 is 1.93 bits per heavy atom. The lowest BCUT2D eigenvalue weighted by atomic mass is 10.2. The summed E-state index contributed by atoms with van der Waals surface area (Å²) in [5.41, 5.74) is 5.22. The van der Waals surface area contributed by atoms with Gasteiger partial charge in [0.15, 0.2) is 28.3 Å². The minimum atomic E-state index is -1.04. The zero-order valence-electron chi connectivity index (χ0n) is 15.7. The first-order chi connectivity index (χ1) is 14.3. The van der Waals surface area contributed by atoms with Crippen LogP contribution >= 0.6 is 23.8 Å². The van der Waals surface area contributed by atoms with Crippen molar-refractivity contribution in [2.24, 2.45) is 0 Å². The summed E-state index contributed by atoms with van der Waals surface area (Å²) in [7, 11) is 0. The number of amides is 2. The Balaban J connectivity index is 1.59. The summed E-state index contributed by atoms with van der Waals surface area (Å²) in [6, 6.07) is 12.6. The summed E-state index contributed by atoms with van der Waals surface area (Å²) in [6.45, 7) is 1.23. The minimum Gasteiger partial charge on any atom is -0.478 e. The van der Waals surface area contributed by atoms with Gasteiger partial charge >= 0.3 is 0 Å². The maximum absolute atomic E-state index is 13.6. The van der Waals surface area contributed by atoms with Crippen LogP contribution in [0, 0.1) is 10.6 Å². The molecule has 0 aliphatic carbocycles. The molecule has 30 heavy (non-hydrogen) atoms. The quantitative estimate of drug-likeness (QED) is 0.396. The van der Waals surface area contributed by atoms with Crippen molar-refractivity contribution in [1.29, 1.82) is 0 Å². The largest absolute Gasteiger partial charge is 0.478 e. The predicted molar refractivity (Wildman–Crippen MR) is 111 cm³/mol. The van der Waals surface area contributed by atoms with E-state index in [1.807, 2.05) is 0 Å². The van der Waals surface area contributed by atoms with Gasteiger partial charge < -0.3 is 4.74 Å². The summed E-state index contributed by atoms with van der Waals surface area (Å²) >= 11 is 11.1. The Labute approximate surface area is 181 Å². The second kappa shape index (κ2) is 9.51. The first-order valence-electron chi connectivity index (χ1n) is 8.76. The number of aromatic amines is 1. The summed E-state index contributed by atoms with van der Waals surface area (Å²) in [4.78, 5) is 24.4. The van der Waals surface area contributed by atoms with Gasteiger partial charge in [0.2, 0.25) is 0 Å². The standard InChI is InChI=1S/C19H17ClFN5O3S/c1-11(29-15-5-3-2-4-14(15)21)18(28)24-22-16(27)10-26-17(23-25-19(26)30)12-6-8-13(20)9-7-12/h2-9,11H,10H2,1H3,(H,22,27)(H,24,28)(H,25,30). The first-order valence-corrected chi connectivity index (χ1v) is 9.55. The highest BCUT2D eigenvalue weighted by Crippen LogP contribution is 2.20. The zero-order chi connectivity index (χ0) is 21.7. The average molecular weight is 450 g/mol. The molecule has 0 aliphatic rings. The Hall–Kier alpha value is -3.24. The van der Waals surface area contributed by atoms with Gasteiger partial charge in [0.25, 0.3) is 11.8 Å². The highest BCUT2D eigenvalue weighted by molar-refractivity contribution is 7.71. The number of hydrazine groups is 1. The van der Waals surface area contributed by atoms with Gasteiger partial charge in [-0.15, -0.1) is 0 Å². The van der Waals surface area contributed by atoms with Crippen molar-refractivity contribution in [2.75, 3.05) is 0 Å². The Bertz CT molecular complexity index is 1120. The molecule has 2 amide bonds. The van der Waals surface area contributed by atoms with Crippen LogP contribution in [0.3, 0.4) is 0 Å². The van der Waals surface area contributed by atoms with Crippen molar-refractivity contribution in [3.63, 3.8) is 0 Å². The molecule has 1 heterocycles. The molecule has 0 bridgehead atoms. The van der Waals surface area contributed by atoms with E-state index < -0.39 is 23.7 Å². The molecule has 1 atom stereocenters. The number of nitrogens with zero attached hydrogens (tertiary/aromatic N) is 2. The lowest BCUT2D eigenvalue weighted by molar-refractivity contribution is -0.133. The predicted octanol–water partition coefficient (Wildman–Crippen LogP) is 3.02. The number of ether oxygens (including phenoxy) is 1. The fourth-order valence-electron chi connectivity index (χ4n) is 2.48. The van der Waals surface area contributed by atoms with E-state index in [0.29, 0.717) is 16.4 Å². The summed E-state index contributed by atoms with van der Waals surface area (Å²) in [5.74, 6) is -1.42. The first kappa shape index (κ1) is 21.5. The molecule has 0 fully saturated rings. The molecular weight excluding hydrogens is 433 g/mol. The molecule has 0 aliphatic heterocycles. The lowest BCUT2D eigenvalue weighted by Crippen LogP contribution is -2.48. The Kier molecular flexibility index (Phi) is 6.80. The number of para-hydroxylation sites is 1. The molecule has 3 N–H and O–H groups in total. The normalized spacial score (nSPS) is 11.6. The molecule has 3 aromatic rings. The number of nitrogens with one attached hydrogen (secondary N) is 3. The van der Waals surface area contributed by atoms with Crippen LogP contribution in [-0.4, -0.2) is 32.7 Å². The van der Waals surface area contributed by atoms with Gasteiger partial charge in [0.05, 0.1) is 0 Å². The molecule has 3 rings (SSSR count). The van der Waals surface area contributed by atoms with Crippen molar-refractivity contribution in [2.45, 2.75) is 19.6 Å². The third-order valence-corrected chi connectivity index (χ3v) is 4.56. The lowest BCUT2D eigenvalue weighted by Gasteiger charge is -2.15. The van der Waals surface area contributed by atoms with E-state index in [0.717, 1.165) is 0 Å². The van der Waals surface area contributed by atoms with Gasteiger partial charge in [-0.05, 0) is 55.5 Å². The van der Waals surface area contributed by atoms with E-state index in [1.54, 1.807) is 30.3 Å². The van der Waals surface area contributed by atoms with Gasteiger partial charge in [-0.3, -0.25) is 30.1 Å². The molecule has 8 nitrogen and oxygen atoms in total. The van der Waals surface area contributed by atoms with Gasteiger partial charge in [-0.2, -0.15) is 5.10 Å². The second-order valence-corrected chi connectivity index (χ2v) is 7.00. The summed E-state index contributed by atoms with van der Waals surface area (Å²) in [6.07, 6.45) is -1.04. The fourth-order valence-corrected chi connectivity index (χ4v) is 2.81. The monoisotopic (exact) mass is 449 g/mol. The zero-order valence-corrected chi connectivity index (χ0v) is 17.3. The molecule has 0 saturated carbocycles. The molecule has 0 saturated heterocycles. The number of rotatable bonds is 6. The van der Waals surface area contributed by atoms with Crippen LogP contribution in [0.25, 0.3) is 11.4 Å². The van der Waals surface area contributed by atoms with Crippen molar-refractivity contribution >= 4 is 35.6 Å². The van der Waals surface area contributed by atoms with Crippen LogP contribution in [0.1, 0.15) is 6.92 Å². The topological polar surface area (TPSA) is 101 Å². The maximum Gasteiger partial charge on any atom is 0.279 e. The molecule has 0 spiro atoms. The highest BCUT2D eigenvalue weighted by Gasteiger charge is 2.18. The van der Waals surface area contributed by atoms with Crippen LogP contribution in [0.2, 0.25) is 5.02 Å². The van der Waals surface area contributed by atoms with Gasteiger partial charge in [0, 0.05) is 10.6 Å². The molecule has 11 heteroatoms. The number of hydrogen-bond acceptors (Lipinski definition) is 5. The number of halogens is 2. The minimum absolute atomic E-state index is 0.0659. The number of H-pyrrole nitrogens is 1. The molecule has 0 radical (unpaired) electrons. The number of aromatic nitrogens is 3. The fraction of sp³-hybridized carbons (Fsp3) is 0.158. The molecular formula is C19H17ClFN5O3S. The number of carbonyl (C=O) groups excluding carboxylic acids is 2. The van der Waals surface area contributed by atoms with Crippen LogP contribution in [0.15, 0.2) is 48.5 Å². The van der Waals surface area contributed by atoms with E-state index in [2.05, 4.69) is 21.0 Å². The van der Waals surface area contributed by atoms with E-state index in [9.17, 15) is 14.0 Å². The Morgan fingerprint density at radius 3 is 2.63 bits per heavy atom. The van der Waals surface area contributed by atoms with Crippen LogP contribution < -0.4 is 15.6 Å². The van der Waals surface area contributed by atoms with Crippen molar-refractivity contribution < 1.29 is 18.7 Å². The van der Waals surface area contributed by atoms with E-state index >= 15 is 0 Å². The third kappa shape index (κ3) is 5.22. The number of hydrogen-bond donors (Lipinski definition) is 3. The SMILES string of the molecule is CC(Oc1ccccc1F)C(=O)NNC(=O)Cn1c(-c2ccc(Cl)cc2)n[nH]c1=S. The van der Waals surface area contributed by atoms with E-state index in [4.69, 9.17) is 28.6 Å². The van der Waals surface area contributed by atoms with Crippen molar-refractivity contribution in [1.82, 2.24) is 25.6 Å². The third-order valence-electron chi connectivity index (χ3n) is 4.00. The summed E-state index contributed by atoms with van der Waals surface area (Å²) in [5, 5.41) is 7.32. The Morgan fingerprint density at radius 1 is 1.23 bits per heavy atom. The van der Waals surface area contributed by atoms with Gasteiger partial charge in [0.1, 0.15) is 6.54 Å². The smallest absolute Gasteiger partial charge is 0.279 e. The van der Waals surface area contributed by atoms with Crippen LogP contribution in [0.4, 0.5) is 4.39 Å². The van der Waals surface area contributed by atoms with Crippen molar-refractivity contribution in [3.05, 3.63) is 64.1 Å². The van der Waals surface area contributed by atoms with Crippen LogP contribution in [-0.2, 0) is 16.1 Å². The van der Waals surface area contributed by atoms with Gasteiger partial charge in [-0.1, -0.05) is 23.7 Å². The summed E-state index contributed by atoms with van der Waals surface area (Å²) < 4.78 is 20.6. The van der Waals surface area contributed by atoms with E-state index in [-0.39, 0.29) is 17.1 Å². The second-order valence-electron chi connectivity index (χ2n) is 6.17. The number of benzene rings is 2. The maximum atomic E-state index is 13.6. The molecule has 156 valence electrons. The average Bonchev–Trinajstić information content (AvgIpc) is 3.08. The van der Waals surface area contributed by atoms with E-state index in [1.165, 1.54) is 29.7 Å². The molecule has 2 aromatic carbocycles. The van der Waals surface area contributed by atoms with Gasteiger partial charge in [-0.25, -0.2) is 4.39 Å².